The van der Waals surface area contributed by atoms with Gasteiger partial charge in [0.1, 0.15) is 0 Å². The minimum Gasteiger partial charge on any atom is -0.345 e. The number of carbonyl (C=O) groups is 1. The number of nitrogens with one attached hydrogen (secondary N) is 1. The van der Waals surface area contributed by atoms with E-state index in [-0.39, 0.29) is 23.3 Å². The van der Waals surface area contributed by atoms with Gasteiger partial charge in [0.25, 0.3) is 5.91 Å². The molecule has 7 nitrogen and oxygen atoms in total. The zero-order chi connectivity index (χ0) is 20.8. The quantitative estimate of drug-likeness (QED) is 0.779. The predicted molar refractivity (Wildman–Crippen MR) is 94.7 cm³/mol. The lowest BCUT2D eigenvalue weighted by atomic mass is 10.0. The van der Waals surface area contributed by atoms with Gasteiger partial charge >= 0.3 is 0 Å². The third-order valence-corrected chi connectivity index (χ3v) is 4.56. The van der Waals surface area contributed by atoms with Crippen LogP contribution in [-0.4, -0.2) is 20.6 Å². The third-order valence-electron chi connectivity index (χ3n) is 4.56. The van der Waals surface area contributed by atoms with Crippen molar-refractivity contribution in [3.8, 4) is 11.4 Å². The fourth-order valence-electron chi connectivity index (χ4n) is 3.22. The molecular weight excluding hydrogens is 332 g/mol. The molecule has 1 aliphatic carbocycles. The standard InChI is InChI=1S/C19H18N4O3/c1-11-20-18(22-26-11)13-3-6-15-12(9-13)4-7-16(15)21-19(25)14-5-8-17(24)23(2)10-14/h3,5-6,8-10,16H,4,7H2,1-2H3,(H,21,25)/t16-/m1/s1/i1D3. The van der Waals surface area contributed by atoms with Crippen LogP contribution in [0.25, 0.3) is 11.4 Å². The highest BCUT2D eigenvalue weighted by Gasteiger charge is 2.25. The summed E-state index contributed by atoms with van der Waals surface area (Å²) in [5.41, 5.74) is 2.93. The molecule has 0 saturated carbocycles. The van der Waals surface area contributed by atoms with Crippen molar-refractivity contribution in [3.05, 3.63) is 69.5 Å². The van der Waals surface area contributed by atoms with Gasteiger partial charge in [0.15, 0.2) is 0 Å². The van der Waals surface area contributed by atoms with E-state index in [4.69, 9.17) is 8.64 Å². The zero-order valence-electron chi connectivity index (χ0n) is 17.0. The fraction of sp³-hybridized carbons (Fsp3) is 0.263. The van der Waals surface area contributed by atoms with E-state index in [0.29, 0.717) is 11.1 Å². The molecule has 1 amide bonds. The van der Waals surface area contributed by atoms with Crippen molar-refractivity contribution in [2.24, 2.45) is 7.05 Å². The molecular formula is C19H18N4O3. The topological polar surface area (TPSA) is 90.0 Å². The number of hydrogen-bond acceptors (Lipinski definition) is 5. The van der Waals surface area contributed by atoms with E-state index in [2.05, 4.69) is 15.5 Å². The lowest BCUT2D eigenvalue weighted by Gasteiger charge is -2.14. The second-order valence-corrected chi connectivity index (χ2v) is 6.27. The van der Waals surface area contributed by atoms with Gasteiger partial charge in [0.2, 0.25) is 17.3 Å². The van der Waals surface area contributed by atoms with Crippen LogP contribution in [0.2, 0.25) is 0 Å². The molecule has 4 rings (SSSR count). The summed E-state index contributed by atoms with van der Waals surface area (Å²) < 4.78 is 28.2. The van der Waals surface area contributed by atoms with Gasteiger partial charge in [-0.3, -0.25) is 9.59 Å². The van der Waals surface area contributed by atoms with Crippen molar-refractivity contribution in [3.63, 3.8) is 0 Å². The number of rotatable bonds is 3. The van der Waals surface area contributed by atoms with Crippen LogP contribution in [0.15, 0.2) is 45.8 Å². The van der Waals surface area contributed by atoms with Gasteiger partial charge in [0.05, 0.1) is 11.6 Å². The van der Waals surface area contributed by atoms with E-state index in [1.54, 1.807) is 13.1 Å². The van der Waals surface area contributed by atoms with Gasteiger partial charge in [-0.2, -0.15) is 4.98 Å². The summed E-state index contributed by atoms with van der Waals surface area (Å²) in [5.74, 6) is -0.421. The largest absolute Gasteiger partial charge is 0.345 e. The van der Waals surface area contributed by atoms with Crippen molar-refractivity contribution in [2.75, 3.05) is 0 Å². The van der Waals surface area contributed by atoms with Crippen LogP contribution in [-0.2, 0) is 13.5 Å². The first-order valence-electron chi connectivity index (χ1n) is 9.67. The highest BCUT2D eigenvalue weighted by Crippen LogP contribution is 2.33. The van der Waals surface area contributed by atoms with Crippen LogP contribution < -0.4 is 10.9 Å². The summed E-state index contributed by atoms with van der Waals surface area (Å²) >= 11 is 0. The average molecular weight is 353 g/mol. The smallest absolute Gasteiger partial charge is 0.253 e. The van der Waals surface area contributed by atoms with Crippen LogP contribution in [0.3, 0.4) is 0 Å². The molecule has 0 fully saturated rings. The summed E-state index contributed by atoms with van der Waals surface area (Å²) in [6, 6.07) is 8.28. The first-order chi connectivity index (χ1) is 13.7. The number of amides is 1. The van der Waals surface area contributed by atoms with Gasteiger partial charge in [0, 0.05) is 35.8 Å². The van der Waals surface area contributed by atoms with Crippen LogP contribution in [0.1, 0.15) is 44.0 Å². The van der Waals surface area contributed by atoms with Crippen LogP contribution in [0, 0.1) is 6.85 Å². The van der Waals surface area contributed by atoms with E-state index in [1.165, 1.54) is 22.9 Å². The predicted octanol–water partition coefficient (Wildman–Crippen LogP) is 2.16. The minimum absolute atomic E-state index is 0.146. The summed E-state index contributed by atoms with van der Waals surface area (Å²) in [4.78, 5) is 28.0. The molecule has 132 valence electrons. The fourth-order valence-corrected chi connectivity index (χ4v) is 3.22. The molecule has 1 aliphatic rings. The van der Waals surface area contributed by atoms with E-state index >= 15 is 0 Å². The monoisotopic (exact) mass is 353 g/mol. The van der Waals surface area contributed by atoms with E-state index < -0.39 is 12.7 Å². The van der Waals surface area contributed by atoms with Crippen molar-refractivity contribution < 1.29 is 13.4 Å². The van der Waals surface area contributed by atoms with Crippen LogP contribution >= 0.6 is 0 Å². The molecule has 2 aromatic heterocycles. The van der Waals surface area contributed by atoms with Gasteiger partial charge in [-0.1, -0.05) is 17.3 Å². The van der Waals surface area contributed by atoms with Gasteiger partial charge < -0.3 is 14.4 Å². The summed E-state index contributed by atoms with van der Waals surface area (Å²) in [6.45, 7) is -2.45. The normalized spacial score (nSPS) is 17.9. The SMILES string of the molecule is [2H]C([2H])([2H])c1nc(-c2ccc3c(c2)CC[C@H]3NC(=O)c2ccc(=O)n(C)c2)no1. The molecule has 1 N–H and O–H groups in total. The first kappa shape index (κ1) is 13.0. The highest BCUT2D eigenvalue weighted by atomic mass is 16.5. The first-order valence-corrected chi connectivity index (χ1v) is 8.17. The molecule has 0 unspecified atom stereocenters. The molecule has 0 saturated heterocycles. The van der Waals surface area contributed by atoms with Crippen molar-refractivity contribution in [1.82, 2.24) is 20.0 Å². The molecule has 0 aliphatic heterocycles. The Morgan fingerprint density at radius 3 is 3.04 bits per heavy atom. The number of aryl methyl sites for hydroxylation is 3. The number of aromatic nitrogens is 3. The molecule has 26 heavy (non-hydrogen) atoms. The molecule has 0 spiro atoms. The second kappa shape index (κ2) is 6.25. The van der Waals surface area contributed by atoms with Crippen molar-refractivity contribution in [1.29, 1.82) is 0 Å². The second-order valence-electron chi connectivity index (χ2n) is 6.27. The maximum atomic E-state index is 12.5. The van der Waals surface area contributed by atoms with Gasteiger partial charge in [-0.05, 0) is 36.1 Å². The maximum Gasteiger partial charge on any atom is 0.253 e. The average Bonchev–Trinajstić information content (AvgIpc) is 3.31. The number of hydrogen-bond donors (Lipinski definition) is 1. The molecule has 1 aromatic carbocycles. The molecule has 2 heterocycles. The molecule has 3 aromatic rings. The van der Waals surface area contributed by atoms with Crippen molar-refractivity contribution in [2.45, 2.75) is 25.7 Å². The maximum absolute atomic E-state index is 12.5. The van der Waals surface area contributed by atoms with E-state index in [9.17, 15) is 9.59 Å². The lowest BCUT2D eigenvalue weighted by Crippen LogP contribution is -2.28. The Kier molecular flexibility index (Phi) is 3.14. The van der Waals surface area contributed by atoms with Gasteiger partial charge in [-0.15, -0.1) is 0 Å². The molecule has 0 radical (unpaired) electrons. The number of carbonyl (C=O) groups excluding carboxylic acids is 1. The minimum atomic E-state index is -2.45. The Morgan fingerprint density at radius 2 is 2.27 bits per heavy atom. The van der Waals surface area contributed by atoms with Crippen molar-refractivity contribution >= 4 is 5.91 Å². The number of nitrogens with zero attached hydrogens (tertiary/aromatic N) is 3. The van der Waals surface area contributed by atoms with Gasteiger partial charge in [-0.25, -0.2) is 0 Å². The number of benzene rings is 1. The number of pyridine rings is 1. The van der Waals surface area contributed by atoms with Crippen LogP contribution in [0.4, 0.5) is 0 Å². The zero-order valence-corrected chi connectivity index (χ0v) is 14.0. The lowest BCUT2D eigenvalue weighted by molar-refractivity contribution is 0.0936. The Hall–Kier alpha value is -3.22. The third kappa shape index (κ3) is 2.92. The van der Waals surface area contributed by atoms with E-state index in [1.807, 2.05) is 12.1 Å². The molecule has 1 atom stereocenters. The summed E-state index contributed by atoms with van der Waals surface area (Å²) in [7, 11) is 1.60. The Morgan fingerprint density at radius 1 is 1.38 bits per heavy atom. The summed E-state index contributed by atoms with van der Waals surface area (Å²) in [5, 5.41) is 6.76. The summed E-state index contributed by atoms with van der Waals surface area (Å²) in [6.07, 6.45) is 3.00. The Bertz CT molecular complexity index is 1150. The molecule has 0 bridgehead atoms. The van der Waals surface area contributed by atoms with Crippen LogP contribution in [0.5, 0.6) is 0 Å². The highest BCUT2D eigenvalue weighted by molar-refractivity contribution is 5.94. The Balaban J connectivity index is 1.54. The molecule has 7 heteroatoms. The Labute approximate surface area is 153 Å². The van der Waals surface area contributed by atoms with E-state index in [0.717, 1.165) is 24.0 Å². The number of fused-ring (bicyclic) bond motifs is 1.